The number of nitrogens with two attached hydrogens (primary N) is 1. The molecule has 2 heterocycles. The zero-order chi connectivity index (χ0) is 19.1. The van der Waals surface area contributed by atoms with Gasteiger partial charge < -0.3 is 20.6 Å². The number of H-pyrrole nitrogens is 2. The number of rotatable bonds is 4. The molecule has 0 saturated carbocycles. The van der Waals surface area contributed by atoms with Crippen molar-refractivity contribution in [1.29, 1.82) is 0 Å². The van der Waals surface area contributed by atoms with E-state index in [1.54, 1.807) is 11.0 Å². The second-order valence-corrected chi connectivity index (χ2v) is 8.72. The van der Waals surface area contributed by atoms with Crippen LogP contribution in [0.2, 0.25) is 0 Å². The normalized spacial score (nSPS) is 17.1. The average Bonchev–Trinajstić information content (AvgIpc) is 2.99. The molecule has 1 aromatic heterocycles. The van der Waals surface area contributed by atoms with Crippen molar-refractivity contribution in [3.05, 3.63) is 28.7 Å². The maximum absolute atomic E-state index is 12.9. The molecule has 27 heavy (non-hydrogen) atoms. The lowest BCUT2D eigenvalue weighted by atomic mass is 10.0. The van der Waals surface area contributed by atoms with Crippen molar-refractivity contribution in [2.45, 2.75) is 24.8 Å². The van der Waals surface area contributed by atoms with Crippen LogP contribution >= 0.6 is 12.4 Å². The molecule has 4 N–H and O–H groups in total. The molecule has 1 aromatic carbocycles. The second kappa shape index (κ2) is 8.01. The highest BCUT2D eigenvalue weighted by molar-refractivity contribution is 7.89. The number of hydrogen-bond donors (Lipinski definition) is 3. The molecule has 1 aliphatic rings. The number of nitrogens with zero attached hydrogens (tertiary/aromatic N) is 2. The second-order valence-electron chi connectivity index (χ2n) is 6.79. The number of imidazole rings is 1. The van der Waals surface area contributed by atoms with Crippen LogP contribution in [0.5, 0.6) is 0 Å². The molecule has 150 valence electrons. The zero-order valence-corrected chi connectivity index (χ0v) is 16.8. The van der Waals surface area contributed by atoms with Crippen LogP contribution in [0.1, 0.15) is 13.8 Å². The number of carbonyl (C=O) groups is 1. The van der Waals surface area contributed by atoms with Gasteiger partial charge in [-0.25, -0.2) is 13.2 Å². The van der Waals surface area contributed by atoms with Gasteiger partial charge in [-0.3, -0.25) is 4.79 Å². The molecule has 9 nitrogen and oxygen atoms in total. The van der Waals surface area contributed by atoms with E-state index in [1.165, 1.54) is 16.4 Å². The van der Waals surface area contributed by atoms with E-state index < -0.39 is 16.1 Å². The van der Waals surface area contributed by atoms with Gasteiger partial charge in [-0.15, -0.1) is 12.4 Å². The summed E-state index contributed by atoms with van der Waals surface area (Å²) in [5.74, 6) is -0.122. The fourth-order valence-corrected chi connectivity index (χ4v) is 4.41. The zero-order valence-electron chi connectivity index (χ0n) is 15.1. The maximum Gasteiger partial charge on any atom is 0.323 e. The molecular weight excluding hydrogens is 394 g/mol. The van der Waals surface area contributed by atoms with Crippen LogP contribution in [-0.4, -0.2) is 65.7 Å². The monoisotopic (exact) mass is 417 g/mol. The third-order valence-corrected chi connectivity index (χ3v) is 6.57. The first-order valence-electron chi connectivity index (χ1n) is 8.46. The number of sulfonamides is 1. The fourth-order valence-electron chi connectivity index (χ4n) is 2.97. The molecular formula is C16H24ClN5O4S. The summed E-state index contributed by atoms with van der Waals surface area (Å²) < 4.78 is 27.1. The first-order valence-corrected chi connectivity index (χ1v) is 9.90. The van der Waals surface area contributed by atoms with Crippen molar-refractivity contribution in [2.24, 2.45) is 11.7 Å². The number of fused-ring (bicyclic) bond motifs is 1. The van der Waals surface area contributed by atoms with Gasteiger partial charge in [-0.05, 0) is 24.1 Å². The summed E-state index contributed by atoms with van der Waals surface area (Å²) in [6.45, 7) is 4.79. The first-order chi connectivity index (χ1) is 12.2. The van der Waals surface area contributed by atoms with E-state index in [0.717, 1.165) is 0 Å². The third-order valence-electron chi connectivity index (χ3n) is 4.68. The van der Waals surface area contributed by atoms with E-state index in [2.05, 4.69) is 9.97 Å². The topological polar surface area (TPSA) is 132 Å². The van der Waals surface area contributed by atoms with Gasteiger partial charge in [0.1, 0.15) is 0 Å². The van der Waals surface area contributed by atoms with E-state index in [9.17, 15) is 18.0 Å². The Kier molecular flexibility index (Phi) is 6.35. The highest BCUT2D eigenvalue weighted by Crippen LogP contribution is 2.21. The van der Waals surface area contributed by atoms with Gasteiger partial charge in [-0.2, -0.15) is 4.31 Å². The van der Waals surface area contributed by atoms with Crippen LogP contribution in [0.3, 0.4) is 0 Å². The molecule has 1 saturated heterocycles. The molecule has 1 fully saturated rings. The van der Waals surface area contributed by atoms with Gasteiger partial charge in [0.25, 0.3) is 0 Å². The number of nitrogens with one attached hydrogen (secondary N) is 2. The SMILES string of the molecule is CC(C)[C@H](N)C(=O)N1CCN(S(=O)(=O)c2ccc3[nH]c(=O)[nH]c3c2)CC1.Cl. The predicted octanol–water partition coefficient (Wildman–Crippen LogP) is 0.0942. The molecule has 1 aliphatic heterocycles. The lowest BCUT2D eigenvalue weighted by Gasteiger charge is -2.35. The van der Waals surface area contributed by atoms with Gasteiger partial charge >= 0.3 is 5.69 Å². The summed E-state index contributed by atoms with van der Waals surface area (Å²) >= 11 is 0. The van der Waals surface area contributed by atoms with Gasteiger partial charge in [0.2, 0.25) is 15.9 Å². The van der Waals surface area contributed by atoms with Crippen LogP contribution < -0.4 is 11.4 Å². The number of aromatic nitrogens is 2. The molecule has 0 radical (unpaired) electrons. The van der Waals surface area contributed by atoms with E-state index in [-0.39, 0.29) is 47.9 Å². The minimum atomic E-state index is -3.70. The van der Waals surface area contributed by atoms with Crippen LogP contribution in [0.4, 0.5) is 0 Å². The molecule has 1 atom stereocenters. The van der Waals surface area contributed by atoms with E-state index in [1.807, 2.05) is 13.8 Å². The van der Waals surface area contributed by atoms with Gasteiger partial charge in [-0.1, -0.05) is 13.8 Å². The highest BCUT2D eigenvalue weighted by Gasteiger charge is 2.32. The number of hydrogen-bond acceptors (Lipinski definition) is 5. The van der Waals surface area contributed by atoms with Crippen molar-refractivity contribution >= 4 is 39.4 Å². The van der Waals surface area contributed by atoms with Crippen molar-refractivity contribution in [2.75, 3.05) is 26.2 Å². The molecule has 0 aliphatic carbocycles. The Labute approximate surface area is 163 Å². The summed E-state index contributed by atoms with van der Waals surface area (Å²) in [5, 5.41) is 0. The molecule has 3 rings (SSSR count). The Morgan fingerprint density at radius 2 is 1.70 bits per heavy atom. The Morgan fingerprint density at radius 3 is 2.30 bits per heavy atom. The Balaban J connectivity index is 0.00000261. The molecule has 11 heteroatoms. The number of benzene rings is 1. The quantitative estimate of drug-likeness (QED) is 0.648. The molecule has 0 bridgehead atoms. The minimum Gasteiger partial charge on any atom is -0.339 e. The van der Waals surface area contributed by atoms with Crippen molar-refractivity contribution in [3.63, 3.8) is 0 Å². The van der Waals surface area contributed by atoms with Crippen LogP contribution in [0.25, 0.3) is 11.0 Å². The first kappa shape index (κ1) is 21.4. The lowest BCUT2D eigenvalue weighted by molar-refractivity contribution is -0.134. The number of aromatic amines is 2. The summed E-state index contributed by atoms with van der Waals surface area (Å²) in [4.78, 5) is 30.5. The fraction of sp³-hybridized carbons (Fsp3) is 0.500. The largest absolute Gasteiger partial charge is 0.339 e. The van der Waals surface area contributed by atoms with Gasteiger partial charge in [0.05, 0.1) is 22.0 Å². The summed E-state index contributed by atoms with van der Waals surface area (Å²) in [6.07, 6.45) is 0. The van der Waals surface area contributed by atoms with E-state index >= 15 is 0 Å². The molecule has 1 amide bonds. The van der Waals surface area contributed by atoms with Crippen molar-refractivity contribution in [1.82, 2.24) is 19.2 Å². The third kappa shape index (κ3) is 4.18. The van der Waals surface area contributed by atoms with Crippen molar-refractivity contribution in [3.8, 4) is 0 Å². The van der Waals surface area contributed by atoms with E-state index in [0.29, 0.717) is 24.1 Å². The minimum absolute atomic E-state index is 0. The van der Waals surface area contributed by atoms with Crippen LogP contribution in [-0.2, 0) is 14.8 Å². The Bertz CT molecular complexity index is 976. The maximum atomic E-state index is 12.9. The summed E-state index contributed by atoms with van der Waals surface area (Å²) in [6, 6.07) is 3.88. The Morgan fingerprint density at radius 1 is 1.11 bits per heavy atom. The molecule has 2 aromatic rings. The summed E-state index contributed by atoms with van der Waals surface area (Å²) in [5.41, 5.74) is 6.50. The Hall–Kier alpha value is -1.88. The number of halogens is 1. The van der Waals surface area contributed by atoms with Crippen LogP contribution in [0, 0.1) is 5.92 Å². The summed E-state index contributed by atoms with van der Waals surface area (Å²) in [7, 11) is -3.70. The molecule has 0 unspecified atom stereocenters. The van der Waals surface area contributed by atoms with Gasteiger partial charge in [0.15, 0.2) is 0 Å². The number of amides is 1. The average molecular weight is 418 g/mol. The predicted molar refractivity (Wildman–Crippen MR) is 104 cm³/mol. The van der Waals surface area contributed by atoms with E-state index in [4.69, 9.17) is 5.73 Å². The number of carbonyl (C=O) groups excluding carboxylic acids is 1. The van der Waals surface area contributed by atoms with Gasteiger partial charge in [0, 0.05) is 26.2 Å². The highest BCUT2D eigenvalue weighted by atomic mass is 35.5. The molecule has 0 spiro atoms. The van der Waals surface area contributed by atoms with Crippen LogP contribution in [0.15, 0.2) is 27.9 Å². The number of piperazine rings is 1. The smallest absolute Gasteiger partial charge is 0.323 e. The standard InChI is InChI=1S/C16H23N5O4S.ClH/c1-10(2)14(17)15(22)20-5-7-21(8-6-20)26(24,25)11-3-4-12-13(9-11)19-16(23)18-12;/h3-4,9-10,14H,5-8,17H2,1-2H3,(H2,18,19,23);1H/t14-;/m0./s1. The lowest BCUT2D eigenvalue weighted by Crippen LogP contribution is -2.55. The van der Waals surface area contributed by atoms with Crippen molar-refractivity contribution < 1.29 is 13.2 Å².